The fourth-order valence-electron chi connectivity index (χ4n) is 2.29. The highest BCUT2D eigenvalue weighted by atomic mass is 79.9. The van der Waals surface area contributed by atoms with Gasteiger partial charge in [-0.3, -0.25) is 0 Å². The maximum absolute atomic E-state index is 6.23. The van der Waals surface area contributed by atoms with Crippen molar-refractivity contribution in [1.82, 2.24) is 0 Å². The summed E-state index contributed by atoms with van der Waals surface area (Å²) in [6.07, 6.45) is 0.930. The van der Waals surface area contributed by atoms with Gasteiger partial charge >= 0.3 is 0 Å². The molecule has 3 rings (SSSR count). The Labute approximate surface area is 125 Å². The second-order valence-electron chi connectivity index (χ2n) is 4.50. The van der Waals surface area contributed by atoms with Crippen molar-refractivity contribution in [2.75, 3.05) is 11.9 Å². The van der Waals surface area contributed by atoms with Crippen molar-refractivity contribution in [1.29, 1.82) is 0 Å². The summed E-state index contributed by atoms with van der Waals surface area (Å²) in [5.74, 6) is 0.956. The van der Waals surface area contributed by atoms with Crippen LogP contribution in [0.5, 0.6) is 5.75 Å². The summed E-state index contributed by atoms with van der Waals surface area (Å²) < 4.78 is 6.68. The van der Waals surface area contributed by atoms with Crippen LogP contribution in [0.4, 0.5) is 5.69 Å². The number of para-hydroxylation sites is 1. The monoisotopic (exact) mass is 337 g/mol. The lowest BCUT2D eigenvalue weighted by atomic mass is 10.0. The van der Waals surface area contributed by atoms with Crippen LogP contribution in [0, 0.1) is 0 Å². The average Bonchev–Trinajstić information content (AvgIpc) is 2.43. The third-order valence-electron chi connectivity index (χ3n) is 3.22. The number of halogens is 2. The van der Waals surface area contributed by atoms with E-state index >= 15 is 0 Å². The van der Waals surface area contributed by atoms with Crippen molar-refractivity contribution < 1.29 is 4.74 Å². The van der Waals surface area contributed by atoms with Crippen molar-refractivity contribution in [3.63, 3.8) is 0 Å². The first-order valence-electron chi connectivity index (χ1n) is 6.17. The number of hydrogen-bond acceptors (Lipinski definition) is 2. The van der Waals surface area contributed by atoms with Gasteiger partial charge in [0.05, 0.1) is 23.4 Å². The molecule has 0 saturated carbocycles. The first-order chi connectivity index (χ1) is 9.24. The fraction of sp³-hybridized carbons (Fsp3) is 0.200. The molecule has 0 fully saturated rings. The molecule has 2 aromatic carbocycles. The van der Waals surface area contributed by atoms with E-state index in [0.29, 0.717) is 0 Å². The molecule has 1 unspecified atom stereocenters. The van der Waals surface area contributed by atoms with Gasteiger partial charge in [0.25, 0.3) is 0 Å². The molecule has 4 heteroatoms. The van der Waals surface area contributed by atoms with E-state index in [1.54, 1.807) is 0 Å². The van der Waals surface area contributed by atoms with Gasteiger partial charge in [-0.2, -0.15) is 0 Å². The van der Waals surface area contributed by atoms with Gasteiger partial charge in [-0.1, -0.05) is 45.7 Å². The van der Waals surface area contributed by atoms with E-state index in [-0.39, 0.29) is 6.04 Å². The zero-order chi connectivity index (χ0) is 13.2. The summed E-state index contributed by atoms with van der Waals surface area (Å²) in [5, 5.41) is 4.23. The largest absolute Gasteiger partial charge is 0.493 e. The molecule has 19 heavy (non-hydrogen) atoms. The summed E-state index contributed by atoms with van der Waals surface area (Å²) in [6, 6.07) is 14.2. The number of benzene rings is 2. The smallest absolute Gasteiger partial charge is 0.124 e. The molecule has 0 bridgehead atoms. The zero-order valence-electron chi connectivity index (χ0n) is 10.2. The minimum atomic E-state index is 0.233. The van der Waals surface area contributed by atoms with Crippen LogP contribution in [0.1, 0.15) is 18.0 Å². The number of fused-ring (bicyclic) bond motifs is 1. The summed E-state index contributed by atoms with van der Waals surface area (Å²) >= 11 is 9.70. The third-order valence-corrected chi connectivity index (χ3v) is 4.04. The maximum atomic E-state index is 6.23. The summed E-state index contributed by atoms with van der Waals surface area (Å²) in [5.41, 5.74) is 2.13. The molecule has 1 atom stereocenters. The molecule has 1 aliphatic rings. The molecule has 0 radical (unpaired) electrons. The number of rotatable bonds is 2. The number of hydrogen-bond donors (Lipinski definition) is 1. The summed E-state index contributed by atoms with van der Waals surface area (Å²) in [7, 11) is 0. The van der Waals surface area contributed by atoms with Crippen molar-refractivity contribution in [3.05, 3.63) is 57.5 Å². The Balaban J connectivity index is 1.90. The van der Waals surface area contributed by atoms with E-state index in [4.69, 9.17) is 16.3 Å². The SMILES string of the molecule is Clc1ccc(Br)cc1NC1CCOc2ccccc21. The molecule has 0 spiro atoms. The Morgan fingerprint density at radius 1 is 1.21 bits per heavy atom. The predicted molar refractivity (Wildman–Crippen MR) is 82.1 cm³/mol. The molecule has 0 saturated heterocycles. The molecule has 0 aliphatic carbocycles. The van der Waals surface area contributed by atoms with Crippen molar-refractivity contribution >= 4 is 33.2 Å². The normalized spacial score (nSPS) is 17.5. The van der Waals surface area contributed by atoms with Gasteiger partial charge in [0.15, 0.2) is 0 Å². The molecular weight excluding hydrogens is 326 g/mol. The maximum Gasteiger partial charge on any atom is 0.124 e. The van der Waals surface area contributed by atoms with Gasteiger partial charge in [0, 0.05) is 16.5 Å². The Morgan fingerprint density at radius 3 is 2.95 bits per heavy atom. The highest BCUT2D eigenvalue weighted by Crippen LogP contribution is 2.36. The van der Waals surface area contributed by atoms with Gasteiger partial charge < -0.3 is 10.1 Å². The quantitative estimate of drug-likeness (QED) is 0.828. The lowest BCUT2D eigenvalue weighted by Crippen LogP contribution is -2.20. The van der Waals surface area contributed by atoms with E-state index in [2.05, 4.69) is 27.3 Å². The fourth-order valence-corrected chi connectivity index (χ4v) is 2.82. The van der Waals surface area contributed by atoms with Crippen LogP contribution in [0.15, 0.2) is 46.9 Å². The summed E-state index contributed by atoms with van der Waals surface area (Å²) in [6.45, 7) is 0.723. The van der Waals surface area contributed by atoms with Crippen LogP contribution >= 0.6 is 27.5 Å². The highest BCUT2D eigenvalue weighted by Gasteiger charge is 2.21. The van der Waals surface area contributed by atoms with E-state index in [1.165, 1.54) is 5.56 Å². The summed E-state index contributed by atoms with van der Waals surface area (Å²) in [4.78, 5) is 0. The van der Waals surface area contributed by atoms with Crippen molar-refractivity contribution in [3.8, 4) is 5.75 Å². The minimum absolute atomic E-state index is 0.233. The standard InChI is InChI=1S/C15H13BrClNO/c16-10-5-6-12(17)14(9-10)18-13-7-8-19-15-4-2-1-3-11(13)15/h1-6,9,13,18H,7-8H2. The van der Waals surface area contributed by atoms with Gasteiger partial charge in [0.1, 0.15) is 5.75 Å². The number of nitrogens with one attached hydrogen (secondary N) is 1. The van der Waals surface area contributed by atoms with Gasteiger partial charge in [-0.05, 0) is 24.3 Å². The van der Waals surface area contributed by atoms with Crippen LogP contribution < -0.4 is 10.1 Å². The number of ether oxygens (including phenoxy) is 1. The topological polar surface area (TPSA) is 21.3 Å². The highest BCUT2D eigenvalue weighted by molar-refractivity contribution is 9.10. The van der Waals surface area contributed by atoms with Crippen LogP contribution in [0.3, 0.4) is 0 Å². The van der Waals surface area contributed by atoms with Crippen molar-refractivity contribution in [2.45, 2.75) is 12.5 Å². The molecular formula is C15H13BrClNO. The van der Waals surface area contributed by atoms with Crippen LogP contribution in [0.25, 0.3) is 0 Å². The lowest BCUT2D eigenvalue weighted by Gasteiger charge is -2.27. The molecule has 2 nitrogen and oxygen atoms in total. The molecule has 1 aliphatic heterocycles. The third kappa shape index (κ3) is 2.72. The van der Waals surface area contributed by atoms with Crippen LogP contribution in [-0.2, 0) is 0 Å². The Bertz CT molecular complexity index is 602. The van der Waals surface area contributed by atoms with Crippen molar-refractivity contribution in [2.24, 2.45) is 0 Å². The van der Waals surface area contributed by atoms with Gasteiger partial charge in [-0.25, -0.2) is 0 Å². The van der Waals surface area contributed by atoms with Gasteiger partial charge in [0.2, 0.25) is 0 Å². The number of anilines is 1. The lowest BCUT2D eigenvalue weighted by molar-refractivity contribution is 0.274. The molecule has 1 heterocycles. The first-order valence-corrected chi connectivity index (χ1v) is 7.34. The second kappa shape index (κ2) is 5.43. The molecule has 98 valence electrons. The first kappa shape index (κ1) is 12.8. The van der Waals surface area contributed by atoms with E-state index in [0.717, 1.165) is 34.0 Å². The molecule has 0 amide bonds. The molecule has 2 aromatic rings. The van der Waals surface area contributed by atoms with E-state index < -0.39 is 0 Å². The average molecular weight is 339 g/mol. The van der Waals surface area contributed by atoms with E-state index in [1.807, 2.05) is 36.4 Å². The second-order valence-corrected chi connectivity index (χ2v) is 5.82. The zero-order valence-corrected chi connectivity index (χ0v) is 12.5. The molecule has 0 aromatic heterocycles. The Kier molecular flexibility index (Phi) is 3.67. The van der Waals surface area contributed by atoms with Gasteiger partial charge in [-0.15, -0.1) is 0 Å². The Hall–Kier alpha value is -1.19. The van der Waals surface area contributed by atoms with Crippen LogP contribution in [0.2, 0.25) is 5.02 Å². The minimum Gasteiger partial charge on any atom is -0.493 e. The predicted octanol–water partition coefficient (Wildman–Crippen LogP) is 5.04. The van der Waals surface area contributed by atoms with Crippen LogP contribution in [-0.4, -0.2) is 6.61 Å². The molecule has 1 N–H and O–H groups in total. The van der Waals surface area contributed by atoms with E-state index in [9.17, 15) is 0 Å². The Morgan fingerprint density at radius 2 is 2.05 bits per heavy atom.